The molecule has 1 aliphatic rings. The van der Waals surface area contributed by atoms with Gasteiger partial charge in [-0.1, -0.05) is 13.3 Å². The van der Waals surface area contributed by atoms with Crippen molar-refractivity contribution in [3.63, 3.8) is 0 Å². The molecule has 0 heterocycles. The number of rotatable bonds is 2. The van der Waals surface area contributed by atoms with Gasteiger partial charge in [0.25, 0.3) is 0 Å². The number of hydrogen-bond donors (Lipinski definition) is 1. The van der Waals surface area contributed by atoms with Crippen molar-refractivity contribution in [3.05, 3.63) is 5.92 Å². The Morgan fingerprint density at radius 3 is 2.40 bits per heavy atom. The highest BCUT2D eigenvalue weighted by Crippen LogP contribution is 2.31. The van der Waals surface area contributed by atoms with Gasteiger partial charge in [0, 0.05) is 12.5 Å². The molecule has 1 aliphatic carbocycles. The van der Waals surface area contributed by atoms with Gasteiger partial charge in [-0.2, -0.15) is 0 Å². The lowest BCUT2D eigenvalue weighted by Crippen LogP contribution is -2.14. The van der Waals surface area contributed by atoms with Gasteiger partial charge < -0.3 is 5.11 Å². The van der Waals surface area contributed by atoms with Crippen LogP contribution in [0.15, 0.2) is 0 Å². The highest BCUT2D eigenvalue weighted by Gasteiger charge is 2.18. The van der Waals surface area contributed by atoms with Crippen LogP contribution in [-0.4, -0.2) is 11.7 Å². The van der Waals surface area contributed by atoms with E-state index in [0.717, 1.165) is 5.92 Å². The summed E-state index contributed by atoms with van der Waals surface area (Å²) >= 11 is 0. The van der Waals surface area contributed by atoms with Crippen LogP contribution in [0.25, 0.3) is 0 Å². The predicted molar refractivity (Wildman–Crippen MR) is 42.6 cm³/mol. The highest BCUT2D eigenvalue weighted by molar-refractivity contribution is 4.93. The third-order valence-corrected chi connectivity index (χ3v) is 2.61. The van der Waals surface area contributed by atoms with Crippen molar-refractivity contribution < 1.29 is 5.11 Å². The quantitative estimate of drug-likeness (QED) is 0.624. The Labute approximate surface area is 63.4 Å². The van der Waals surface area contributed by atoms with Gasteiger partial charge in [-0.25, -0.2) is 0 Å². The Balaban J connectivity index is 2.17. The van der Waals surface area contributed by atoms with E-state index in [0.29, 0.717) is 6.61 Å². The maximum atomic E-state index is 8.81. The van der Waals surface area contributed by atoms with Crippen molar-refractivity contribution in [3.8, 4) is 0 Å². The van der Waals surface area contributed by atoms with Crippen molar-refractivity contribution >= 4 is 0 Å². The fourth-order valence-electron chi connectivity index (χ4n) is 1.65. The fraction of sp³-hybridized carbons (Fsp3) is 0.889. The van der Waals surface area contributed by atoms with Crippen LogP contribution in [0.3, 0.4) is 0 Å². The Bertz CT molecular complexity index is 70.7. The SMILES string of the molecule is CCC1CC[C](CO)CC1. The fourth-order valence-corrected chi connectivity index (χ4v) is 1.65. The molecule has 0 unspecified atom stereocenters. The summed E-state index contributed by atoms with van der Waals surface area (Å²) in [5, 5.41) is 8.81. The van der Waals surface area contributed by atoms with Gasteiger partial charge in [-0.3, -0.25) is 0 Å². The van der Waals surface area contributed by atoms with Crippen molar-refractivity contribution in [1.29, 1.82) is 0 Å². The van der Waals surface area contributed by atoms with Gasteiger partial charge in [0.05, 0.1) is 0 Å². The van der Waals surface area contributed by atoms with Gasteiger partial charge in [0.1, 0.15) is 0 Å². The van der Waals surface area contributed by atoms with Gasteiger partial charge in [0.15, 0.2) is 0 Å². The van der Waals surface area contributed by atoms with Crippen molar-refractivity contribution in [2.24, 2.45) is 5.92 Å². The molecule has 0 amide bonds. The lowest BCUT2D eigenvalue weighted by molar-refractivity contribution is 0.260. The topological polar surface area (TPSA) is 20.2 Å². The molecule has 0 saturated heterocycles. The Morgan fingerprint density at radius 1 is 1.40 bits per heavy atom. The summed E-state index contributed by atoms with van der Waals surface area (Å²) in [4.78, 5) is 0. The highest BCUT2D eigenvalue weighted by atomic mass is 16.3. The first kappa shape index (κ1) is 8.06. The van der Waals surface area contributed by atoms with E-state index in [-0.39, 0.29) is 0 Å². The molecule has 0 aromatic rings. The van der Waals surface area contributed by atoms with E-state index in [4.69, 9.17) is 5.11 Å². The zero-order valence-corrected chi connectivity index (χ0v) is 6.77. The molecule has 0 aromatic carbocycles. The van der Waals surface area contributed by atoms with Gasteiger partial charge in [0.2, 0.25) is 0 Å². The molecule has 10 heavy (non-hydrogen) atoms. The molecule has 0 aromatic heterocycles. The summed E-state index contributed by atoms with van der Waals surface area (Å²) in [6.07, 6.45) is 6.29. The van der Waals surface area contributed by atoms with E-state index < -0.39 is 0 Å². The first-order valence-corrected chi connectivity index (χ1v) is 4.31. The van der Waals surface area contributed by atoms with Crippen LogP contribution in [0.4, 0.5) is 0 Å². The number of aliphatic hydroxyl groups excluding tert-OH is 1. The van der Waals surface area contributed by atoms with Gasteiger partial charge >= 0.3 is 0 Å². The van der Waals surface area contributed by atoms with Crippen LogP contribution in [-0.2, 0) is 0 Å². The minimum atomic E-state index is 0.330. The van der Waals surface area contributed by atoms with Crippen LogP contribution < -0.4 is 0 Å². The van der Waals surface area contributed by atoms with Gasteiger partial charge in [-0.15, -0.1) is 0 Å². The van der Waals surface area contributed by atoms with Crippen LogP contribution >= 0.6 is 0 Å². The largest absolute Gasteiger partial charge is 0.396 e. The molecule has 59 valence electrons. The average Bonchev–Trinajstić information content (AvgIpc) is 2.05. The Morgan fingerprint density at radius 2 is 2.00 bits per heavy atom. The van der Waals surface area contributed by atoms with E-state index in [9.17, 15) is 0 Å². The third-order valence-electron chi connectivity index (χ3n) is 2.61. The summed E-state index contributed by atoms with van der Waals surface area (Å²) in [5.41, 5.74) is 0. The zero-order chi connectivity index (χ0) is 7.40. The zero-order valence-electron chi connectivity index (χ0n) is 6.77. The molecule has 1 saturated carbocycles. The molecule has 1 heteroatoms. The minimum absolute atomic E-state index is 0.330. The second-order valence-electron chi connectivity index (χ2n) is 3.26. The lowest BCUT2D eigenvalue weighted by Gasteiger charge is -2.25. The van der Waals surface area contributed by atoms with E-state index in [1.807, 2.05) is 0 Å². The second-order valence-corrected chi connectivity index (χ2v) is 3.26. The van der Waals surface area contributed by atoms with Crippen LogP contribution in [0.2, 0.25) is 0 Å². The third kappa shape index (κ3) is 1.98. The number of aliphatic hydroxyl groups is 1. The monoisotopic (exact) mass is 141 g/mol. The van der Waals surface area contributed by atoms with E-state index in [1.54, 1.807) is 0 Å². The van der Waals surface area contributed by atoms with Crippen LogP contribution in [0.5, 0.6) is 0 Å². The molecule has 0 bridgehead atoms. The molecule has 0 spiro atoms. The Hall–Kier alpha value is -0.0400. The second kappa shape index (κ2) is 3.97. The number of hydrogen-bond acceptors (Lipinski definition) is 1. The molecule has 1 nitrogen and oxygen atoms in total. The predicted octanol–water partition coefficient (Wildman–Crippen LogP) is 2.15. The summed E-state index contributed by atoms with van der Waals surface area (Å²) in [5.74, 6) is 2.31. The minimum Gasteiger partial charge on any atom is -0.396 e. The molecule has 0 aliphatic heterocycles. The molecule has 1 fully saturated rings. The van der Waals surface area contributed by atoms with Crippen LogP contribution in [0, 0.1) is 11.8 Å². The maximum Gasteiger partial charge on any atom is 0.0493 e. The summed E-state index contributed by atoms with van der Waals surface area (Å²) in [6, 6.07) is 0. The first-order valence-electron chi connectivity index (χ1n) is 4.31. The molecule has 1 radical (unpaired) electrons. The van der Waals surface area contributed by atoms with Crippen molar-refractivity contribution in [2.45, 2.75) is 39.0 Å². The summed E-state index contributed by atoms with van der Waals surface area (Å²) in [7, 11) is 0. The van der Waals surface area contributed by atoms with E-state index in [2.05, 4.69) is 6.92 Å². The average molecular weight is 141 g/mol. The van der Waals surface area contributed by atoms with Gasteiger partial charge in [-0.05, 0) is 31.6 Å². The van der Waals surface area contributed by atoms with Crippen molar-refractivity contribution in [2.75, 3.05) is 6.61 Å². The van der Waals surface area contributed by atoms with E-state index in [1.165, 1.54) is 38.0 Å². The molecular formula is C9H17O. The Kier molecular flexibility index (Phi) is 3.20. The van der Waals surface area contributed by atoms with Crippen molar-refractivity contribution in [1.82, 2.24) is 0 Å². The summed E-state index contributed by atoms with van der Waals surface area (Å²) in [6.45, 7) is 2.59. The first-order chi connectivity index (χ1) is 4.86. The van der Waals surface area contributed by atoms with Crippen LogP contribution in [0.1, 0.15) is 39.0 Å². The molecule has 1 rings (SSSR count). The lowest BCUT2D eigenvalue weighted by atomic mass is 9.81. The molecule has 0 atom stereocenters. The maximum absolute atomic E-state index is 8.81. The smallest absolute Gasteiger partial charge is 0.0493 e. The normalized spacial score (nSPS) is 23.4. The summed E-state index contributed by atoms with van der Waals surface area (Å²) < 4.78 is 0. The molecular weight excluding hydrogens is 124 g/mol. The molecule has 1 N–H and O–H groups in total. The van der Waals surface area contributed by atoms with E-state index >= 15 is 0 Å². The standard InChI is InChI=1S/C9H17O/c1-2-8-3-5-9(7-10)6-4-8/h8,10H,2-7H2,1H3.